The van der Waals surface area contributed by atoms with Gasteiger partial charge in [-0.25, -0.2) is 9.59 Å². The minimum absolute atomic E-state index is 0.0278. The first-order valence-electron chi connectivity index (χ1n) is 8.68. The number of aromatic carboxylic acids is 2. The van der Waals surface area contributed by atoms with Gasteiger partial charge in [0.15, 0.2) is 0 Å². The van der Waals surface area contributed by atoms with Gasteiger partial charge in [-0.3, -0.25) is 0 Å². The molecular weight excluding hydrogens is 392 g/mol. The van der Waals surface area contributed by atoms with Crippen LogP contribution in [0.1, 0.15) is 20.7 Å². The fraction of sp³-hybridized carbons (Fsp3) is 0.556. The van der Waals surface area contributed by atoms with E-state index in [-0.39, 0.29) is 37.6 Å². The van der Waals surface area contributed by atoms with E-state index in [0.717, 1.165) is 0 Å². The minimum Gasteiger partial charge on any atom is -0.478 e. The monoisotopic (exact) mass is 422 g/mol. The highest BCUT2D eigenvalue weighted by atomic mass is 16.5. The summed E-state index contributed by atoms with van der Waals surface area (Å²) >= 11 is 0. The Morgan fingerprint density at radius 3 is 1.10 bits per heavy atom. The van der Waals surface area contributed by atoms with E-state index in [2.05, 4.69) is 4.74 Å². The number of hydrogen-bond acceptors (Lipinski definition) is 9. The van der Waals surface area contributed by atoms with Gasteiger partial charge >= 0.3 is 11.9 Å². The number of aliphatic hydroxyl groups excluding tert-OH is 4. The van der Waals surface area contributed by atoms with Crippen molar-refractivity contribution < 1.29 is 54.4 Å². The lowest BCUT2D eigenvalue weighted by Crippen LogP contribution is -2.09. The van der Waals surface area contributed by atoms with E-state index in [1.54, 1.807) is 0 Å². The predicted octanol–water partition coefficient (Wildman–Crippen LogP) is -0.925. The lowest BCUT2D eigenvalue weighted by molar-refractivity contribution is 0.0222. The summed E-state index contributed by atoms with van der Waals surface area (Å²) in [7, 11) is 0. The Hall–Kier alpha value is -2.12. The molecule has 0 aliphatic rings. The summed E-state index contributed by atoms with van der Waals surface area (Å²) in [6.45, 7) is 2.42. The minimum atomic E-state index is -1.23. The van der Waals surface area contributed by atoms with Crippen LogP contribution in [-0.2, 0) is 14.2 Å². The van der Waals surface area contributed by atoms with Crippen molar-refractivity contribution in [3.63, 3.8) is 0 Å². The molecule has 0 fully saturated rings. The van der Waals surface area contributed by atoms with Crippen LogP contribution >= 0.6 is 0 Å². The van der Waals surface area contributed by atoms with Crippen LogP contribution in [0, 0.1) is 0 Å². The second-order valence-corrected chi connectivity index (χ2v) is 4.89. The first kappa shape index (κ1) is 29.1. The average Bonchev–Trinajstić information content (AvgIpc) is 2.72. The van der Waals surface area contributed by atoms with Crippen LogP contribution in [0.2, 0.25) is 0 Å². The van der Waals surface area contributed by atoms with Gasteiger partial charge in [0.25, 0.3) is 0 Å². The molecular formula is C18H30O11. The summed E-state index contributed by atoms with van der Waals surface area (Å²) < 4.78 is 14.4. The van der Waals surface area contributed by atoms with Gasteiger partial charge in [0.1, 0.15) is 0 Å². The standard InChI is InChI=1S/C8H6O4.C6H14O4.C4H10O3/c9-7(10)5-3-1-2-4-6(5)8(11)12;7-1-3-9-5-6-10-4-2-8;5-1-3-7-4-2-6/h1-4H,(H,9,10)(H,11,12);7-8H,1-6H2;5-6H,1-4H2. The van der Waals surface area contributed by atoms with E-state index in [1.165, 1.54) is 24.3 Å². The van der Waals surface area contributed by atoms with Crippen LogP contribution in [0.4, 0.5) is 0 Å². The summed E-state index contributed by atoms with van der Waals surface area (Å²) in [5.74, 6) is -2.46. The number of hydrogen-bond donors (Lipinski definition) is 6. The average molecular weight is 422 g/mol. The first-order chi connectivity index (χ1) is 14.0. The van der Waals surface area contributed by atoms with Crippen molar-refractivity contribution >= 4 is 11.9 Å². The maximum absolute atomic E-state index is 10.5. The molecule has 0 atom stereocenters. The van der Waals surface area contributed by atoms with Gasteiger partial charge in [0, 0.05) is 0 Å². The molecule has 0 saturated carbocycles. The third kappa shape index (κ3) is 19.0. The molecule has 11 nitrogen and oxygen atoms in total. The van der Waals surface area contributed by atoms with Crippen LogP contribution in [0.15, 0.2) is 24.3 Å². The molecule has 1 aromatic rings. The molecule has 0 aromatic heterocycles. The third-order valence-electron chi connectivity index (χ3n) is 2.70. The van der Waals surface area contributed by atoms with E-state index in [0.29, 0.717) is 39.6 Å². The Labute approximate surface area is 168 Å². The Bertz CT molecular complexity index is 477. The Morgan fingerprint density at radius 2 is 0.862 bits per heavy atom. The van der Waals surface area contributed by atoms with Crippen molar-refractivity contribution in [3.8, 4) is 0 Å². The summed E-state index contributed by atoms with van der Waals surface area (Å²) in [5.41, 5.74) is -0.380. The van der Waals surface area contributed by atoms with Gasteiger partial charge in [-0.1, -0.05) is 12.1 Å². The van der Waals surface area contributed by atoms with Crippen LogP contribution in [0.3, 0.4) is 0 Å². The number of rotatable bonds is 13. The van der Waals surface area contributed by atoms with Crippen LogP contribution in [0.5, 0.6) is 0 Å². The highest BCUT2D eigenvalue weighted by Crippen LogP contribution is 2.07. The van der Waals surface area contributed by atoms with Gasteiger partial charge in [0.05, 0.1) is 77.2 Å². The van der Waals surface area contributed by atoms with Crippen molar-refractivity contribution in [2.24, 2.45) is 0 Å². The number of ether oxygens (including phenoxy) is 3. The number of carboxylic acid groups (broad SMARTS) is 2. The lowest BCUT2D eigenvalue weighted by atomic mass is 10.1. The largest absolute Gasteiger partial charge is 0.478 e. The fourth-order valence-corrected chi connectivity index (χ4v) is 1.54. The molecule has 0 aliphatic heterocycles. The highest BCUT2D eigenvalue weighted by molar-refractivity contribution is 6.01. The van der Waals surface area contributed by atoms with Gasteiger partial charge in [0.2, 0.25) is 0 Å². The molecule has 0 aliphatic carbocycles. The number of carboxylic acids is 2. The van der Waals surface area contributed by atoms with Gasteiger partial charge in [-0.15, -0.1) is 0 Å². The normalized spacial score (nSPS) is 9.66. The summed E-state index contributed by atoms with van der Waals surface area (Å²) in [6, 6.07) is 5.48. The molecule has 1 aromatic carbocycles. The molecule has 1 rings (SSSR count). The van der Waals surface area contributed by atoms with Crippen molar-refractivity contribution in [3.05, 3.63) is 35.4 Å². The van der Waals surface area contributed by atoms with Crippen LogP contribution < -0.4 is 0 Å². The Balaban J connectivity index is 0. The number of aliphatic hydroxyl groups is 4. The lowest BCUT2D eigenvalue weighted by Gasteiger charge is -2.01. The molecule has 29 heavy (non-hydrogen) atoms. The molecule has 0 unspecified atom stereocenters. The zero-order chi connectivity index (χ0) is 22.3. The first-order valence-corrected chi connectivity index (χ1v) is 8.68. The van der Waals surface area contributed by atoms with Gasteiger partial charge in [-0.05, 0) is 12.1 Å². The topological polar surface area (TPSA) is 183 Å². The highest BCUT2D eigenvalue weighted by Gasteiger charge is 2.13. The smallest absolute Gasteiger partial charge is 0.336 e. The van der Waals surface area contributed by atoms with E-state index in [1.807, 2.05) is 0 Å². The maximum atomic E-state index is 10.5. The molecule has 0 amide bonds. The molecule has 0 bridgehead atoms. The summed E-state index contributed by atoms with van der Waals surface area (Å²) in [4.78, 5) is 20.9. The number of carbonyl (C=O) groups is 2. The fourth-order valence-electron chi connectivity index (χ4n) is 1.54. The summed E-state index contributed by atoms with van der Waals surface area (Å²) in [6.07, 6.45) is 0. The second-order valence-electron chi connectivity index (χ2n) is 4.89. The molecule has 168 valence electrons. The molecule has 0 spiro atoms. The third-order valence-corrected chi connectivity index (χ3v) is 2.70. The Kier molecular flexibility index (Phi) is 22.2. The second kappa shape index (κ2) is 22.2. The van der Waals surface area contributed by atoms with Crippen molar-refractivity contribution in [2.75, 3.05) is 66.1 Å². The van der Waals surface area contributed by atoms with Crippen molar-refractivity contribution in [1.82, 2.24) is 0 Å². The zero-order valence-corrected chi connectivity index (χ0v) is 16.1. The molecule has 0 saturated heterocycles. The van der Waals surface area contributed by atoms with Crippen molar-refractivity contribution in [2.45, 2.75) is 0 Å². The van der Waals surface area contributed by atoms with E-state index in [9.17, 15) is 9.59 Å². The predicted molar refractivity (Wildman–Crippen MR) is 101 cm³/mol. The molecule has 0 heterocycles. The van der Waals surface area contributed by atoms with Crippen LogP contribution in [0.25, 0.3) is 0 Å². The van der Waals surface area contributed by atoms with E-state index < -0.39 is 11.9 Å². The van der Waals surface area contributed by atoms with Gasteiger partial charge in [-0.2, -0.15) is 0 Å². The van der Waals surface area contributed by atoms with Gasteiger partial charge < -0.3 is 44.8 Å². The number of benzene rings is 1. The van der Waals surface area contributed by atoms with E-state index >= 15 is 0 Å². The molecule has 11 heteroatoms. The maximum Gasteiger partial charge on any atom is 0.336 e. The quantitative estimate of drug-likeness (QED) is 0.216. The Morgan fingerprint density at radius 1 is 0.586 bits per heavy atom. The van der Waals surface area contributed by atoms with E-state index in [4.69, 9.17) is 40.1 Å². The summed E-state index contributed by atoms with van der Waals surface area (Å²) in [5, 5.41) is 49.8. The SMILES string of the molecule is O=C(O)c1ccccc1C(=O)O.OCCOCCO.OCCOCCOCCO. The molecule has 6 N–H and O–H groups in total. The van der Waals surface area contributed by atoms with Crippen LogP contribution in [-0.4, -0.2) is 109 Å². The van der Waals surface area contributed by atoms with Crippen molar-refractivity contribution in [1.29, 1.82) is 0 Å². The molecule has 0 radical (unpaired) electrons. The zero-order valence-electron chi connectivity index (χ0n) is 16.1.